The van der Waals surface area contributed by atoms with Crippen LogP contribution in [0, 0.1) is 6.92 Å². The van der Waals surface area contributed by atoms with E-state index in [-0.39, 0.29) is 5.78 Å². The van der Waals surface area contributed by atoms with Gasteiger partial charge in [0.25, 0.3) is 0 Å². The standard InChI is InChI=1S/C18H17Cl2N3O2/c1-11-21-16(20)9-17(22-11)23-6-4-18(5-7-23)10-14(24)13-8-12(19)2-3-15(13)25-18/h2-3,8-9H,4-7,10H2,1H3. The molecule has 2 aromatic rings. The third-order valence-corrected chi connectivity index (χ3v) is 5.27. The minimum atomic E-state index is -0.444. The second-order valence-electron chi connectivity index (χ2n) is 6.61. The number of nitrogens with zero attached hydrogens (tertiary/aromatic N) is 3. The van der Waals surface area contributed by atoms with Gasteiger partial charge in [0.15, 0.2) is 5.78 Å². The summed E-state index contributed by atoms with van der Waals surface area (Å²) >= 11 is 12.0. The number of halogens is 2. The number of carbonyl (C=O) groups is 1. The van der Waals surface area contributed by atoms with Crippen molar-refractivity contribution in [1.82, 2.24) is 9.97 Å². The molecule has 0 atom stereocenters. The summed E-state index contributed by atoms with van der Waals surface area (Å²) in [6, 6.07) is 7.01. The van der Waals surface area contributed by atoms with Crippen molar-refractivity contribution in [2.45, 2.75) is 31.8 Å². The molecule has 0 bridgehead atoms. The van der Waals surface area contributed by atoms with Crippen LogP contribution in [0.1, 0.15) is 35.4 Å². The van der Waals surface area contributed by atoms with Gasteiger partial charge in [0.1, 0.15) is 28.1 Å². The van der Waals surface area contributed by atoms with Crippen LogP contribution in [0.25, 0.3) is 0 Å². The van der Waals surface area contributed by atoms with E-state index in [2.05, 4.69) is 14.9 Å². The topological polar surface area (TPSA) is 55.3 Å². The van der Waals surface area contributed by atoms with E-state index in [4.69, 9.17) is 27.9 Å². The molecule has 0 radical (unpaired) electrons. The fourth-order valence-corrected chi connectivity index (χ4v) is 3.96. The number of benzene rings is 1. The molecule has 4 rings (SSSR count). The second kappa shape index (κ2) is 6.15. The number of ketones is 1. The minimum Gasteiger partial charge on any atom is -0.486 e. The molecule has 130 valence electrons. The van der Waals surface area contributed by atoms with Crippen LogP contribution in [0.5, 0.6) is 5.75 Å². The lowest BCUT2D eigenvalue weighted by molar-refractivity contribution is 0.0231. The number of hydrogen-bond donors (Lipinski definition) is 0. The quantitative estimate of drug-likeness (QED) is 0.700. The summed E-state index contributed by atoms with van der Waals surface area (Å²) in [5, 5.41) is 0.996. The number of rotatable bonds is 1. The van der Waals surface area contributed by atoms with Crippen LogP contribution in [0.4, 0.5) is 5.82 Å². The van der Waals surface area contributed by atoms with Gasteiger partial charge >= 0.3 is 0 Å². The number of fused-ring (bicyclic) bond motifs is 1. The average molecular weight is 378 g/mol. The number of Topliss-reactive ketones (excluding diaryl/α,β-unsaturated/α-hetero) is 1. The molecule has 1 aromatic heterocycles. The monoisotopic (exact) mass is 377 g/mol. The average Bonchev–Trinajstić information content (AvgIpc) is 2.55. The molecule has 0 amide bonds. The number of anilines is 1. The van der Waals surface area contributed by atoms with E-state index in [0.29, 0.717) is 33.7 Å². The zero-order valence-corrected chi connectivity index (χ0v) is 15.3. The SMILES string of the molecule is Cc1nc(Cl)cc(N2CCC3(CC2)CC(=O)c2cc(Cl)ccc2O3)n1. The van der Waals surface area contributed by atoms with Gasteiger partial charge in [-0.1, -0.05) is 23.2 Å². The molecule has 2 aliphatic heterocycles. The van der Waals surface area contributed by atoms with Gasteiger partial charge < -0.3 is 9.64 Å². The van der Waals surface area contributed by atoms with E-state index in [1.807, 2.05) is 6.92 Å². The molecular formula is C18H17Cl2N3O2. The maximum Gasteiger partial charge on any atom is 0.170 e. The number of aryl methyl sites for hydroxylation is 1. The van der Waals surface area contributed by atoms with E-state index in [0.717, 1.165) is 31.7 Å². The Morgan fingerprint density at radius 2 is 1.92 bits per heavy atom. The summed E-state index contributed by atoms with van der Waals surface area (Å²) in [7, 11) is 0. The van der Waals surface area contributed by atoms with Crippen molar-refractivity contribution in [1.29, 1.82) is 0 Å². The van der Waals surface area contributed by atoms with Crippen LogP contribution >= 0.6 is 23.2 Å². The largest absolute Gasteiger partial charge is 0.486 e. The Labute approximate surface area is 155 Å². The van der Waals surface area contributed by atoms with Crippen molar-refractivity contribution in [3.63, 3.8) is 0 Å². The zero-order valence-electron chi connectivity index (χ0n) is 13.8. The predicted octanol–water partition coefficient (Wildman–Crippen LogP) is 4.10. The Morgan fingerprint density at radius 1 is 1.16 bits per heavy atom. The minimum absolute atomic E-state index is 0.0955. The summed E-state index contributed by atoms with van der Waals surface area (Å²) in [6.45, 7) is 3.33. The molecule has 0 saturated carbocycles. The van der Waals surface area contributed by atoms with E-state index in [1.165, 1.54) is 0 Å². The summed E-state index contributed by atoms with van der Waals surface area (Å²) in [4.78, 5) is 23.3. The van der Waals surface area contributed by atoms with Gasteiger partial charge in [-0.05, 0) is 25.1 Å². The highest BCUT2D eigenvalue weighted by Crippen LogP contribution is 2.40. The summed E-state index contributed by atoms with van der Waals surface area (Å²) in [5.74, 6) is 2.20. The Bertz CT molecular complexity index is 828. The second-order valence-corrected chi connectivity index (χ2v) is 7.43. The highest BCUT2D eigenvalue weighted by atomic mass is 35.5. The van der Waals surface area contributed by atoms with Crippen LogP contribution in [-0.4, -0.2) is 34.4 Å². The Kier molecular flexibility index (Phi) is 4.08. The van der Waals surface area contributed by atoms with Crippen molar-refractivity contribution in [2.24, 2.45) is 0 Å². The molecule has 2 aliphatic rings. The fourth-order valence-electron chi connectivity index (χ4n) is 3.57. The van der Waals surface area contributed by atoms with Crippen LogP contribution < -0.4 is 9.64 Å². The highest BCUT2D eigenvalue weighted by Gasteiger charge is 2.43. The first-order chi connectivity index (χ1) is 11.9. The van der Waals surface area contributed by atoms with E-state index >= 15 is 0 Å². The normalized spacial score (nSPS) is 18.8. The van der Waals surface area contributed by atoms with Crippen LogP contribution in [0.15, 0.2) is 24.3 Å². The first-order valence-electron chi connectivity index (χ1n) is 8.22. The maximum atomic E-state index is 12.6. The molecule has 1 fully saturated rings. The van der Waals surface area contributed by atoms with Crippen molar-refractivity contribution < 1.29 is 9.53 Å². The van der Waals surface area contributed by atoms with Gasteiger partial charge in [-0.15, -0.1) is 0 Å². The lowest BCUT2D eigenvalue weighted by Gasteiger charge is -2.44. The van der Waals surface area contributed by atoms with Gasteiger partial charge in [-0.3, -0.25) is 4.79 Å². The third kappa shape index (κ3) is 3.18. The fraction of sp³-hybridized carbons (Fsp3) is 0.389. The van der Waals surface area contributed by atoms with Crippen molar-refractivity contribution in [3.8, 4) is 5.75 Å². The number of aromatic nitrogens is 2. The summed E-state index contributed by atoms with van der Waals surface area (Å²) in [6.07, 6.45) is 1.89. The van der Waals surface area contributed by atoms with E-state index in [1.54, 1.807) is 24.3 Å². The molecule has 0 aliphatic carbocycles. The first kappa shape index (κ1) is 16.6. The van der Waals surface area contributed by atoms with Gasteiger partial charge in [-0.2, -0.15) is 0 Å². The molecule has 0 unspecified atom stereocenters. The van der Waals surface area contributed by atoms with Gasteiger partial charge in [0.2, 0.25) is 0 Å². The third-order valence-electron chi connectivity index (χ3n) is 4.84. The molecule has 25 heavy (non-hydrogen) atoms. The van der Waals surface area contributed by atoms with Crippen molar-refractivity contribution >= 4 is 34.8 Å². The molecular weight excluding hydrogens is 361 g/mol. The number of ether oxygens (including phenoxy) is 1. The number of carbonyl (C=O) groups excluding carboxylic acids is 1. The van der Waals surface area contributed by atoms with Gasteiger partial charge in [-0.25, -0.2) is 9.97 Å². The Morgan fingerprint density at radius 3 is 2.64 bits per heavy atom. The maximum absolute atomic E-state index is 12.6. The van der Waals surface area contributed by atoms with Gasteiger partial charge in [0, 0.05) is 37.0 Å². The first-order valence-corrected chi connectivity index (χ1v) is 8.98. The number of piperidine rings is 1. The van der Waals surface area contributed by atoms with Crippen LogP contribution in [0.3, 0.4) is 0 Å². The van der Waals surface area contributed by atoms with Crippen molar-refractivity contribution in [3.05, 3.63) is 45.8 Å². The lowest BCUT2D eigenvalue weighted by Crippen LogP contribution is -2.51. The highest BCUT2D eigenvalue weighted by molar-refractivity contribution is 6.31. The van der Waals surface area contributed by atoms with Crippen molar-refractivity contribution in [2.75, 3.05) is 18.0 Å². The van der Waals surface area contributed by atoms with Crippen LogP contribution in [0.2, 0.25) is 10.2 Å². The Hall–Kier alpha value is -1.85. The molecule has 1 aromatic carbocycles. The smallest absolute Gasteiger partial charge is 0.170 e. The number of hydrogen-bond acceptors (Lipinski definition) is 5. The molecule has 1 spiro atoms. The molecule has 3 heterocycles. The summed E-state index contributed by atoms with van der Waals surface area (Å²) < 4.78 is 6.25. The van der Waals surface area contributed by atoms with E-state index < -0.39 is 5.60 Å². The lowest BCUT2D eigenvalue weighted by atomic mass is 9.82. The summed E-state index contributed by atoms with van der Waals surface area (Å²) in [5.41, 5.74) is 0.138. The Balaban J connectivity index is 1.53. The molecule has 1 saturated heterocycles. The van der Waals surface area contributed by atoms with Gasteiger partial charge in [0.05, 0.1) is 12.0 Å². The zero-order chi connectivity index (χ0) is 17.6. The van der Waals surface area contributed by atoms with Crippen LogP contribution in [-0.2, 0) is 0 Å². The molecule has 0 N–H and O–H groups in total. The molecule has 5 nitrogen and oxygen atoms in total. The molecule has 7 heteroatoms. The predicted molar refractivity (Wildman–Crippen MR) is 97.0 cm³/mol. The van der Waals surface area contributed by atoms with E-state index in [9.17, 15) is 4.79 Å².